The third-order valence-corrected chi connectivity index (χ3v) is 3.30. The van der Waals surface area contributed by atoms with Crippen LogP contribution in [0.4, 0.5) is 0 Å². The molecule has 0 aliphatic rings. The number of nitrogens with zero attached hydrogens (tertiary/aromatic N) is 3. The lowest BCUT2D eigenvalue weighted by molar-refractivity contribution is 0.102. The van der Waals surface area contributed by atoms with E-state index in [2.05, 4.69) is 4.98 Å². The SMILES string of the molecule is N#CCCn1ccnc1C(=O)c1ccc(Cl)c(Cl)c1. The van der Waals surface area contributed by atoms with Crippen LogP contribution in [0.25, 0.3) is 0 Å². The molecule has 2 aromatic rings. The lowest BCUT2D eigenvalue weighted by atomic mass is 10.1. The number of benzene rings is 1. The molecule has 0 aliphatic heterocycles. The first-order chi connectivity index (χ1) is 9.13. The number of aromatic nitrogens is 2. The van der Waals surface area contributed by atoms with Crippen LogP contribution in [0.5, 0.6) is 0 Å². The van der Waals surface area contributed by atoms with E-state index in [0.717, 1.165) is 0 Å². The fraction of sp³-hybridized carbons (Fsp3) is 0.154. The highest BCUT2D eigenvalue weighted by atomic mass is 35.5. The molecule has 0 aliphatic carbocycles. The predicted molar refractivity (Wildman–Crippen MR) is 72.4 cm³/mol. The van der Waals surface area contributed by atoms with E-state index in [0.29, 0.717) is 28.6 Å². The van der Waals surface area contributed by atoms with Gasteiger partial charge in [-0.3, -0.25) is 4.79 Å². The third kappa shape index (κ3) is 2.95. The van der Waals surface area contributed by atoms with E-state index < -0.39 is 0 Å². The average molecular weight is 294 g/mol. The lowest BCUT2D eigenvalue weighted by Gasteiger charge is -2.05. The number of carbonyl (C=O) groups is 1. The second-order valence-electron chi connectivity index (χ2n) is 3.81. The van der Waals surface area contributed by atoms with E-state index in [4.69, 9.17) is 28.5 Å². The Balaban J connectivity index is 2.31. The molecule has 19 heavy (non-hydrogen) atoms. The van der Waals surface area contributed by atoms with Gasteiger partial charge in [-0.25, -0.2) is 4.98 Å². The number of rotatable bonds is 4. The molecule has 0 bridgehead atoms. The first-order valence-corrected chi connectivity index (χ1v) is 6.27. The summed E-state index contributed by atoms with van der Waals surface area (Å²) in [7, 11) is 0. The van der Waals surface area contributed by atoms with Gasteiger partial charge < -0.3 is 4.57 Å². The zero-order valence-electron chi connectivity index (χ0n) is 9.81. The van der Waals surface area contributed by atoms with E-state index in [-0.39, 0.29) is 11.6 Å². The fourth-order valence-corrected chi connectivity index (χ4v) is 1.93. The molecule has 0 N–H and O–H groups in total. The van der Waals surface area contributed by atoms with E-state index in [1.54, 1.807) is 22.9 Å². The molecule has 0 unspecified atom stereocenters. The summed E-state index contributed by atoms with van der Waals surface area (Å²) < 4.78 is 1.65. The average Bonchev–Trinajstić information content (AvgIpc) is 2.87. The van der Waals surface area contributed by atoms with Gasteiger partial charge in [0, 0.05) is 24.5 Å². The highest BCUT2D eigenvalue weighted by Gasteiger charge is 2.16. The molecule has 96 valence electrons. The second kappa shape index (κ2) is 5.87. The Bertz CT molecular complexity index is 658. The van der Waals surface area contributed by atoms with Crippen molar-refractivity contribution in [3.05, 3.63) is 52.0 Å². The van der Waals surface area contributed by atoms with Gasteiger partial charge in [-0.05, 0) is 18.2 Å². The quantitative estimate of drug-likeness (QED) is 0.813. The minimum atomic E-state index is -0.249. The largest absolute Gasteiger partial charge is 0.327 e. The zero-order chi connectivity index (χ0) is 13.8. The van der Waals surface area contributed by atoms with Crippen LogP contribution in [0, 0.1) is 11.3 Å². The molecule has 0 saturated heterocycles. The summed E-state index contributed by atoms with van der Waals surface area (Å²) in [4.78, 5) is 16.3. The summed E-state index contributed by atoms with van der Waals surface area (Å²) in [5.41, 5.74) is 0.416. The number of ketones is 1. The molecular formula is C13H9Cl2N3O. The molecule has 1 aromatic carbocycles. The number of imidazole rings is 1. The number of aryl methyl sites for hydroxylation is 1. The Kier molecular flexibility index (Phi) is 4.20. The van der Waals surface area contributed by atoms with Crippen molar-refractivity contribution < 1.29 is 4.79 Å². The van der Waals surface area contributed by atoms with Crippen LogP contribution >= 0.6 is 23.2 Å². The molecule has 1 aromatic heterocycles. The van der Waals surface area contributed by atoms with Gasteiger partial charge >= 0.3 is 0 Å². The Morgan fingerprint density at radius 1 is 1.37 bits per heavy atom. The lowest BCUT2D eigenvalue weighted by Crippen LogP contribution is -2.11. The van der Waals surface area contributed by atoms with Crippen LogP contribution < -0.4 is 0 Å². The smallest absolute Gasteiger partial charge is 0.228 e. The summed E-state index contributed by atoms with van der Waals surface area (Å²) in [6.07, 6.45) is 3.52. The number of halogens is 2. The minimum absolute atomic E-state index is 0.249. The van der Waals surface area contributed by atoms with Crippen LogP contribution in [0.15, 0.2) is 30.6 Å². The predicted octanol–water partition coefficient (Wildman–Crippen LogP) is 3.33. The molecule has 0 radical (unpaired) electrons. The summed E-state index contributed by atoms with van der Waals surface area (Å²) in [5, 5.41) is 9.29. The van der Waals surface area contributed by atoms with Crippen molar-refractivity contribution in [2.45, 2.75) is 13.0 Å². The standard InChI is InChI=1S/C13H9Cl2N3O/c14-10-3-2-9(8-11(10)15)12(19)13-17-5-7-18(13)6-1-4-16/h2-3,5,7-8H,1,6H2. The Morgan fingerprint density at radius 3 is 2.84 bits per heavy atom. The summed E-state index contributed by atoms with van der Waals surface area (Å²) in [6.45, 7) is 0.429. The van der Waals surface area contributed by atoms with Crippen LogP contribution in [-0.4, -0.2) is 15.3 Å². The number of hydrogen-bond donors (Lipinski definition) is 0. The number of nitriles is 1. The number of hydrogen-bond acceptors (Lipinski definition) is 3. The highest BCUT2D eigenvalue weighted by molar-refractivity contribution is 6.42. The van der Waals surface area contributed by atoms with Crippen molar-refractivity contribution >= 4 is 29.0 Å². The first kappa shape index (κ1) is 13.6. The maximum atomic E-state index is 12.3. The van der Waals surface area contributed by atoms with Crippen LogP contribution in [0.1, 0.15) is 22.6 Å². The van der Waals surface area contributed by atoms with E-state index in [1.807, 2.05) is 6.07 Å². The first-order valence-electron chi connectivity index (χ1n) is 5.51. The van der Waals surface area contributed by atoms with Gasteiger partial charge in [-0.15, -0.1) is 0 Å². The highest BCUT2D eigenvalue weighted by Crippen LogP contribution is 2.23. The van der Waals surface area contributed by atoms with Crippen molar-refractivity contribution in [3.8, 4) is 6.07 Å². The Hall–Kier alpha value is -1.83. The summed E-state index contributed by atoms with van der Waals surface area (Å²) in [6, 6.07) is 6.71. The van der Waals surface area contributed by atoms with Gasteiger partial charge in [-0.2, -0.15) is 5.26 Å². The normalized spacial score (nSPS) is 10.2. The molecule has 0 saturated carbocycles. The molecule has 4 nitrogen and oxygen atoms in total. The number of carbonyl (C=O) groups excluding carboxylic acids is 1. The van der Waals surface area contributed by atoms with Crippen LogP contribution in [0.3, 0.4) is 0 Å². The van der Waals surface area contributed by atoms with Crippen molar-refractivity contribution in [3.63, 3.8) is 0 Å². The van der Waals surface area contributed by atoms with Crippen molar-refractivity contribution in [2.75, 3.05) is 0 Å². The third-order valence-electron chi connectivity index (χ3n) is 2.56. The summed E-state index contributed by atoms with van der Waals surface area (Å²) >= 11 is 11.7. The van der Waals surface area contributed by atoms with Gasteiger partial charge in [0.1, 0.15) is 0 Å². The van der Waals surface area contributed by atoms with Gasteiger partial charge in [-0.1, -0.05) is 23.2 Å². The molecule has 1 heterocycles. The van der Waals surface area contributed by atoms with E-state index in [9.17, 15) is 4.79 Å². The Labute approximate surface area is 120 Å². The van der Waals surface area contributed by atoms with E-state index in [1.165, 1.54) is 12.3 Å². The molecule has 0 amide bonds. The molecule has 2 rings (SSSR count). The van der Waals surface area contributed by atoms with Crippen molar-refractivity contribution in [1.29, 1.82) is 5.26 Å². The maximum Gasteiger partial charge on any atom is 0.228 e. The van der Waals surface area contributed by atoms with Gasteiger partial charge in [0.15, 0.2) is 5.82 Å². The van der Waals surface area contributed by atoms with Crippen molar-refractivity contribution in [2.24, 2.45) is 0 Å². The van der Waals surface area contributed by atoms with E-state index >= 15 is 0 Å². The molecule has 6 heteroatoms. The topological polar surface area (TPSA) is 58.7 Å². The monoisotopic (exact) mass is 293 g/mol. The summed E-state index contributed by atoms with van der Waals surface area (Å²) in [5.74, 6) is 0.0372. The maximum absolute atomic E-state index is 12.3. The van der Waals surface area contributed by atoms with Crippen LogP contribution in [-0.2, 0) is 6.54 Å². The van der Waals surface area contributed by atoms with Gasteiger partial charge in [0.25, 0.3) is 0 Å². The fourth-order valence-electron chi connectivity index (χ4n) is 1.64. The van der Waals surface area contributed by atoms with Crippen LogP contribution in [0.2, 0.25) is 10.0 Å². The molecule has 0 atom stereocenters. The Morgan fingerprint density at radius 2 is 2.16 bits per heavy atom. The van der Waals surface area contributed by atoms with Gasteiger partial charge in [0.2, 0.25) is 5.78 Å². The molecule has 0 fully saturated rings. The zero-order valence-corrected chi connectivity index (χ0v) is 11.3. The van der Waals surface area contributed by atoms with Gasteiger partial charge in [0.05, 0.1) is 22.5 Å². The second-order valence-corrected chi connectivity index (χ2v) is 4.62. The minimum Gasteiger partial charge on any atom is -0.327 e. The van der Waals surface area contributed by atoms with Crippen molar-refractivity contribution in [1.82, 2.24) is 9.55 Å². The molecular weight excluding hydrogens is 285 g/mol. The molecule has 0 spiro atoms.